The Kier molecular flexibility index (Phi) is 12.5. The number of esters is 1. The van der Waals surface area contributed by atoms with Crippen LogP contribution in [0.2, 0.25) is 0 Å². The molecule has 3 atom stereocenters. The predicted molar refractivity (Wildman–Crippen MR) is 124 cm³/mol. The van der Waals surface area contributed by atoms with Crippen molar-refractivity contribution in [3.8, 4) is 0 Å². The molecule has 0 aliphatic carbocycles. The first kappa shape index (κ1) is 27.2. The minimum absolute atomic E-state index is 0.136. The van der Waals surface area contributed by atoms with Gasteiger partial charge in [-0.1, -0.05) is 77.8 Å². The summed E-state index contributed by atoms with van der Waals surface area (Å²) in [6, 6.07) is 10.1. The molecular formula is C26H42O5. The van der Waals surface area contributed by atoms with Crippen LogP contribution in [0, 0.1) is 17.3 Å². The molecule has 1 aromatic rings. The number of hydrogen-bond acceptors (Lipinski definition) is 4. The Hall–Kier alpha value is -1.88. The molecule has 1 rings (SSSR count). The highest BCUT2D eigenvalue weighted by atomic mass is 16.5. The van der Waals surface area contributed by atoms with E-state index in [1.54, 1.807) is 0 Å². The first-order valence-electron chi connectivity index (χ1n) is 11.6. The van der Waals surface area contributed by atoms with Gasteiger partial charge in [0.05, 0.1) is 12.5 Å². The van der Waals surface area contributed by atoms with Crippen LogP contribution in [0.5, 0.6) is 0 Å². The van der Waals surface area contributed by atoms with Crippen molar-refractivity contribution in [2.24, 2.45) is 17.3 Å². The molecule has 1 N–H and O–H groups in total. The third-order valence-corrected chi connectivity index (χ3v) is 5.62. The summed E-state index contributed by atoms with van der Waals surface area (Å²) in [6.45, 7) is 11.6. The monoisotopic (exact) mass is 434 g/mol. The molecule has 0 heterocycles. The molecule has 1 aromatic carbocycles. The Morgan fingerprint density at radius 1 is 1.00 bits per heavy atom. The number of ether oxygens (including phenoxy) is 2. The van der Waals surface area contributed by atoms with Crippen molar-refractivity contribution in [1.82, 2.24) is 0 Å². The lowest BCUT2D eigenvalue weighted by atomic mass is 9.82. The highest BCUT2D eigenvalue weighted by Crippen LogP contribution is 2.30. The second-order valence-electron chi connectivity index (χ2n) is 9.85. The Labute approximate surface area is 188 Å². The summed E-state index contributed by atoms with van der Waals surface area (Å²) in [6.07, 6.45) is 4.91. The molecule has 0 bridgehead atoms. The van der Waals surface area contributed by atoms with Crippen molar-refractivity contribution in [1.29, 1.82) is 0 Å². The Bertz CT molecular complexity index is 635. The third-order valence-electron chi connectivity index (χ3n) is 5.62. The van der Waals surface area contributed by atoms with Crippen molar-refractivity contribution < 1.29 is 24.2 Å². The van der Waals surface area contributed by atoms with E-state index in [2.05, 4.69) is 39.8 Å². The van der Waals surface area contributed by atoms with Gasteiger partial charge in [-0.05, 0) is 42.6 Å². The van der Waals surface area contributed by atoms with Gasteiger partial charge in [0.2, 0.25) is 0 Å². The average molecular weight is 435 g/mol. The van der Waals surface area contributed by atoms with E-state index >= 15 is 0 Å². The molecule has 5 heteroatoms. The number of carboxylic acids is 1. The maximum absolute atomic E-state index is 12.7. The maximum Gasteiger partial charge on any atom is 0.308 e. The van der Waals surface area contributed by atoms with E-state index in [1.165, 1.54) is 5.56 Å². The Morgan fingerprint density at radius 2 is 1.68 bits per heavy atom. The summed E-state index contributed by atoms with van der Waals surface area (Å²) in [5.74, 6) is -0.720. The minimum Gasteiger partial charge on any atom is -0.481 e. The summed E-state index contributed by atoms with van der Waals surface area (Å²) < 4.78 is 11.6. The topological polar surface area (TPSA) is 72.8 Å². The zero-order valence-corrected chi connectivity index (χ0v) is 20.1. The summed E-state index contributed by atoms with van der Waals surface area (Å²) in [5.41, 5.74) is 1.02. The number of rotatable bonds is 15. The van der Waals surface area contributed by atoms with Gasteiger partial charge in [-0.2, -0.15) is 0 Å². The zero-order valence-electron chi connectivity index (χ0n) is 20.1. The van der Waals surface area contributed by atoms with Gasteiger partial charge >= 0.3 is 11.9 Å². The normalized spacial score (nSPS) is 14.6. The van der Waals surface area contributed by atoms with Gasteiger partial charge in [0, 0.05) is 13.0 Å². The fraction of sp³-hybridized carbons (Fsp3) is 0.692. The van der Waals surface area contributed by atoms with E-state index in [0.29, 0.717) is 25.6 Å². The molecular weight excluding hydrogens is 392 g/mol. The molecule has 0 unspecified atom stereocenters. The molecule has 31 heavy (non-hydrogen) atoms. The number of carbonyl (C=O) groups is 2. The van der Waals surface area contributed by atoms with Crippen molar-refractivity contribution in [2.75, 3.05) is 6.61 Å². The minimum atomic E-state index is -0.759. The molecule has 0 amide bonds. The van der Waals surface area contributed by atoms with Gasteiger partial charge < -0.3 is 14.6 Å². The van der Waals surface area contributed by atoms with Crippen LogP contribution in [0.4, 0.5) is 0 Å². The van der Waals surface area contributed by atoms with Crippen LogP contribution in [0.25, 0.3) is 0 Å². The quantitative estimate of drug-likeness (QED) is 0.261. The maximum atomic E-state index is 12.7. The second-order valence-corrected chi connectivity index (χ2v) is 9.85. The summed E-state index contributed by atoms with van der Waals surface area (Å²) >= 11 is 0. The van der Waals surface area contributed by atoms with Gasteiger partial charge in [-0.3, -0.25) is 9.59 Å². The molecule has 0 saturated heterocycles. The third kappa shape index (κ3) is 12.5. The highest BCUT2D eigenvalue weighted by molar-refractivity contribution is 5.72. The van der Waals surface area contributed by atoms with Crippen LogP contribution in [0.3, 0.4) is 0 Å². The van der Waals surface area contributed by atoms with E-state index in [-0.39, 0.29) is 29.8 Å². The number of carbonyl (C=O) groups excluding carboxylic acids is 1. The molecule has 5 nitrogen and oxygen atoms in total. The fourth-order valence-electron chi connectivity index (χ4n) is 3.46. The van der Waals surface area contributed by atoms with Crippen LogP contribution in [0.1, 0.15) is 85.1 Å². The lowest BCUT2D eigenvalue weighted by molar-refractivity contribution is -0.160. The number of benzene rings is 1. The number of unbranched alkanes of at least 4 members (excludes halogenated alkanes) is 1. The fourth-order valence-corrected chi connectivity index (χ4v) is 3.46. The SMILES string of the molecule is C[C@@H](CCCC(=O)O)C[C@@H](OC(=O)[C@H](C)CCCCOCc1ccccc1)C(C)(C)C. The van der Waals surface area contributed by atoms with Gasteiger partial charge in [0.25, 0.3) is 0 Å². The van der Waals surface area contributed by atoms with Crippen LogP contribution in [0.15, 0.2) is 30.3 Å². The van der Waals surface area contributed by atoms with Gasteiger partial charge in [0.15, 0.2) is 0 Å². The van der Waals surface area contributed by atoms with Gasteiger partial charge in [-0.25, -0.2) is 0 Å². The van der Waals surface area contributed by atoms with E-state index in [0.717, 1.165) is 32.1 Å². The molecule has 0 radical (unpaired) electrons. The van der Waals surface area contributed by atoms with Crippen LogP contribution in [-0.2, 0) is 25.7 Å². The summed E-state index contributed by atoms with van der Waals surface area (Å²) in [4.78, 5) is 23.4. The first-order chi connectivity index (χ1) is 14.6. The van der Waals surface area contributed by atoms with Crippen molar-refractivity contribution in [2.45, 2.75) is 92.3 Å². The van der Waals surface area contributed by atoms with E-state index in [4.69, 9.17) is 14.6 Å². The Morgan fingerprint density at radius 3 is 2.29 bits per heavy atom. The molecule has 0 saturated carbocycles. The molecule has 0 aliphatic heterocycles. The summed E-state index contributed by atoms with van der Waals surface area (Å²) in [7, 11) is 0. The van der Waals surface area contributed by atoms with Crippen molar-refractivity contribution >= 4 is 11.9 Å². The predicted octanol–water partition coefficient (Wildman–Crippen LogP) is 6.25. The van der Waals surface area contributed by atoms with E-state index < -0.39 is 5.97 Å². The zero-order chi connectivity index (χ0) is 23.3. The molecule has 0 spiro atoms. The first-order valence-corrected chi connectivity index (χ1v) is 11.6. The molecule has 0 aromatic heterocycles. The summed E-state index contributed by atoms with van der Waals surface area (Å²) in [5, 5.41) is 8.81. The second kappa shape index (κ2) is 14.2. The lowest BCUT2D eigenvalue weighted by Gasteiger charge is -2.33. The number of carboxylic acid groups (broad SMARTS) is 1. The largest absolute Gasteiger partial charge is 0.481 e. The van der Waals surface area contributed by atoms with E-state index in [1.807, 2.05) is 25.1 Å². The standard InChI is InChI=1S/C26H42O5/c1-20(12-11-16-24(27)28)18-23(26(3,4)5)31-25(29)21(2)13-9-10-17-30-19-22-14-7-6-8-15-22/h6-8,14-15,20-21,23H,9-13,16-19H2,1-5H3,(H,27,28)/t20-,21+,23+/m0/s1. The smallest absolute Gasteiger partial charge is 0.308 e. The number of aliphatic carboxylic acids is 1. The molecule has 176 valence electrons. The van der Waals surface area contributed by atoms with Crippen LogP contribution < -0.4 is 0 Å². The Balaban J connectivity index is 2.32. The van der Waals surface area contributed by atoms with E-state index in [9.17, 15) is 9.59 Å². The number of hydrogen-bond donors (Lipinski definition) is 1. The lowest BCUT2D eigenvalue weighted by Crippen LogP contribution is -2.35. The van der Waals surface area contributed by atoms with Gasteiger partial charge in [0.1, 0.15) is 6.10 Å². The van der Waals surface area contributed by atoms with Gasteiger partial charge in [-0.15, -0.1) is 0 Å². The van der Waals surface area contributed by atoms with Crippen LogP contribution >= 0.6 is 0 Å². The highest BCUT2D eigenvalue weighted by Gasteiger charge is 2.31. The van der Waals surface area contributed by atoms with Crippen molar-refractivity contribution in [3.05, 3.63) is 35.9 Å². The van der Waals surface area contributed by atoms with Crippen LogP contribution in [-0.4, -0.2) is 29.8 Å². The average Bonchev–Trinajstić information content (AvgIpc) is 2.69. The van der Waals surface area contributed by atoms with Crippen molar-refractivity contribution in [3.63, 3.8) is 0 Å². The molecule has 0 aliphatic rings. The molecule has 0 fully saturated rings.